The number of carbonyl (C=O) groups is 1. The first-order chi connectivity index (χ1) is 10.7. The Morgan fingerprint density at radius 1 is 1.36 bits per heavy atom. The van der Waals surface area contributed by atoms with Crippen LogP contribution in [0, 0.1) is 0 Å². The summed E-state index contributed by atoms with van der Waals surface area (Å²) in [7, 11) is 0. The minimum Gasteiger partial charge on any atom is -0.410 e. The molecule has 1 amide bonds. The number of hydrogen-bond acceptors (Lipinski definition) is 7. The number of rotatable bonds is 5. The molecule has 0 saturated heterocycles. The number of pyridine rings is 1. The lowest BCUT2D eigenvalue weighted by molar-refractivity contribution is -0.113. The molecule has 0 saturated carbocycles. The zero-order valence-electron chi connectivity index (χ0n) is 11.0. The Balaban J connectivity index is 1.56. The molecule has 0 aliphatic heterocycles. The maximum atomic E-state index is 11.9. The zero-order chi connectivity index (χ0) is 15.4. The van der Waals surface area contributed by atoms with Crippen LogP contribution < -0.4 is 5.32 Å². The first-order valence-corrected chi connectivity index (χ1v) is 8.37. The van der Waals surface area contributed by atoms with Gasteiger partial charge in [-0.25, -0.2) is 4.98 Å². The van der Waals surface area contributed by atoms with Crippen LogP contribution in [0.15, 0.2) is 45.5 Å². The molecular weight excluding hydrogens is 344 g/mol. The lowest BCUT2D eigenvalue weighted by Crippen LogP contribution is -2.14. The highest BCUT2D eigenvalue weighted by molar-refractivity contribution is 7.99. The molecule has 0 radical (unpaired) electrons. The van der Waals surface area contributed by atoms with Crippen molar-refractivity contribution < 1.29 is 9.21 Å². The van der Waals surface area contributed by atoms with Crippen LogP contribution in [0.5, 0.6) is 0 Å². The summed E-state index contributed by atoms with van der Waals surface area (Å²) in [5.41, 5.74) is 0.472. The quantitative estimate of drug-likeness (QED) is 0.558. The van der Waals surface area contributed by atoms with Crippen LogP contribution in [0.2, 0.25) is 5.15 Å². The highest BCUT2D eigenvalue weighted by Gasteiger charge is 2.12. The summed E-state index contributed by atoms with van der Waals surface area (Å²) >= 11 is 8.54. The number of carbonyl (C=O) groups excluding carboxylic acids is 1. The predicted octanol–water partition coefficient (Wildman–Crippen LogP) is 3.58. The molecule has 3 aromatic rings. The standard InChI is InChI=1S/C13H9ClN4O2S2/c14-11-8(3-1-5-15-11)16-10(19)7-22-13-18-17-12(20-13)9-4-2-6-21-9/h1-6H,7H2,(H,16,19). The summed E-state index contributed by atoms with van der Waals surface area (Å²) in [5, 5.41) is 13.0. The van der Waals surface area contributed by atoms with Crippen LogP contribution in [0.4, 0.5) is 5.69 Å². The summed E-state index contributed by atoms with van der Waals surface area (Å²) in [6, 6.07) is 7.17. The van der Waals surface area contributed by atoms with Crippen molar-refractivity contribution in [2.75, 3.05) is 11.1 Å². The van der Waals surface area contributed by atoms with E-state index in [-0.39, 0.29) is 16.8 Å². The number of nitrogens with zero attached hydrogens (tertiary/aromatic N) is 3. The molecule has 0 atom stereocenters. The molecule has 9 heteroatoms. The van der Waals surface area contributed by atoms with Crippen molar-refractivity contribution in [1.29, 1.82) is 0 Å². The summed E-state index contributed by atoms with van der Waals surface area (Å²) < 4.78 is 5.49. The van der Waals surface area contributed by atoms with E-state index in [1.165, 1.54) is 11.3 Å². The molecule has 0 spiro atoms. The molecule has 3 rings (SSSR count). The first kappa shape index (κ1) is 15.0. The zero-order valence-corrected chi connectivity index (χ0v) is 13.4. The SMILES string of the molecule is O=C(CSc1nnc(-c2cccs2)o1)Nc1cccnc1Cl. The van der Waals surface area contributed by atoms with Gasteiger partial charge in [-0.05, 0) is 23.6 Å². The van der Waals surface area contributed by atoms with Gasteiger partial charge in [0.1, 0.15) is 0 Å². The molecular formula is C13H9ClN4O2S2. The van der Waals surface area contributed by atoms with Gasteiger partial charge in [0.15, 0.2) is 5.15 Å². The third kappa shape index (κ3) is 3.65. The molecule has 0 unspecified atom stereocenters. The molecule has 0 bridgehead atoms. The smallest absolute Gasteiger partial charge is 0.277 e. The van der Waals surface area contributed by atoms with E-state index in [4.69, 9.17) is 16.0 Å². The molecule has 22 heavy (non-hydrogen) atoms. The van der Waals surface area contributed by atoms with Gasteiger partial charge in [-0.15, -0.1) is 21.5 Å². The van der Waals surface area contributed by atoms with Crippen molar-refractivity contribution in [3.05, 3.63) is 41.0 Å². The number of anilines is 1. The molecule has 0 aliphatic carbocycles. The van der Waals surface area contributed by atoms with Crippen LogP contribution in [0.25, 0.3) is 10.8 Å². The van der Waals surface area contributed by atoms with E-state index in [0.29, 0.717) is 16.8 Å². The largest absolute Gasteiger partial charge is 0.410 e. The molecule has 1 N–H and O–H groups in total. The molecule has 0 fully saturated rings. The number of halogens is 1. The molecule has 0 aromatic carbocycles. The number of thiophene rings is 1. The van der Waals surface area contributed by atoms with E-state index in [9.17, 15) is 4.79 Å². The van der Waals surface area contributed by atoms with E-state index >= 15 is 0 Å². The molecule has 6 nitrogen and oxygen atoms in total. The summed E-state index contributed by atoms with van der Waals surface area (Å²) in [5.74, 6) is 0.362. The lowest BCUT2D eigenvalue weighted by atomic mass is 10.4. The summed E-state index contributed by atoms with van der Waals surface area (Å²) in [6.45, 7) is 0. The van der Waals surface area contributed by atoms with Crippen molar-refractivity contribution in [3.8, 4) is 10.8 Å². The van der Waals surface area contributed by atoms with Gasteiger partial charge in [0.05, 0.1) is 16.3 Å². The number of hydrogen-bond donors (Lipinski definition) is 1. The van der Waals surface area contributed by atoms with Crippen LogP contribution in [-0.2, 0) is 4.79 Å². The van der Waals surface area contributed by atoms with Crippen LogP contribution in [0.1, 0.15) is 0 Å². The van der Waals surface area contributed by atoms with Crippen LogP contribution in [-0.4, -0.2) is 26.8 Å². The maximum Gasteiger partial charge on any atom is 0.277 e. The monoisotopic (exact) mass is 352 g/mol. The highest BCUT2D eigenvalue weighted by atomic mass is 35.5. The fourth-order valence-electron chi connectivity index (χ4n) is 1.56. The highest BCUT2D eigenvalue weighted by Crippen LogP contribution is 2.26. The number of aromatic nitrogens is 3. The molecule has 0 aliphatic rings. The third-order valence-electron chi connectivity index (χ3n) is 2.50. The molecule has 3 aromatic heterocycles. The van der Waals surface area contributed by atoms with E-state index < -0.39 is 0 Å². The van der Waals surface area contributed by atoms with Gasteiger partial charge in [-0.1, -0.05) is 29.4 Å². The predicted molar refractivity (Wildman–Crippen MR) is 86.2 cm³/mol. The average Bonchev–Trinajstić information content (AvgIpc) is 3.18. The normalized spacial score (nSPS) is 10.6. The molecule has 112 valence electrons. The maximum absolute atomic E-state index is 11.9. The van der Waals surface area contributed by atoms with Gasteiger partial charge >= 0.3 is 0 Å². The second-order valence-corrected chi connectivity index (χ2v) is 6.26. The number of amides is 1. The Labute approximate surface area is 138 Å². The van der Waals surface area contributed by atoms with Crippen molar-refractivity contribution in [2.24, 2.45) is 0 Å². The first-order valence-electron chi connectivity index (χ1n) is 6.13. The van der Waals surface area contributed by atoms with Gasteiger partial charge in [0.2, 0.25) is 5.91 Å². The average molecular weight is 353 g/mol. The Morgan fingerprint density at radius 3 is 3.05 bits per heavy atom. The van der Waals surface area contributed by atoms with Crippen LogP contribution >= 0.6 is 34.7 Å². The second kappa shape index (κ2) is 6.91. The van der Waals surface area contributed by atoms with Crippen LogP contribution in [0.3, 0.4) is 0 Å². The topological polar surface area (TPSA) is 80.9 Å². The van der Waals surface area contributed by atoms with Crippen molar-refractivity contribution in [1.82, 2.24) is 15.2 Å². The Kier molecular flexibility index (Phi) is 4.71. The van der Waals surface area contributed by atoms with Gasteiger partial charge in [-0.3, -0.25) is 4.79 Å². The van der Waals surface area contributed by atoms with Gasteiger partial charge in [0, 0.05) is 6.20 Å². The third-order valence-corrected chi connectivity index (χ3v) is 4.48. The van der Waals surface area contributed by atoms with E-state index in [1.54, 1.807) is 18.3 Å². The summed E-state index contributed by atoms with van der Waals surface area (Å²) in [6.07, 6.45) is 1.55. The van der Waals surface area contributed by atoms with Crippen molar-refractivity contribution >= 4 is 46.3 Å². The fourth-order valence-corrected chi connectivity index (χ4v) is 2.93. The van der Waals surface area contributed by atoms with Crippen molar-refractivity contribution in [3.63, 3.8) is 0 Å². The van der Waals surface area contributed by atoms with Gasteiger partial charge < -0.3 is 9.73 Å². The Bertz CT molecular complexity index is 776. The number of thioether (sulfide) groups is 1. The summed E-state index contributed by atoms with van der Waals surface area (Å²) in [4.78, 5) is 16.6. The molecule has 3 heterocycles. The van der Waals surface area contributed by atoms with Gasteiger partial charge in [-0.2, -0.15) is 0 Å². The van der Waals surface area contributed by atoms with E-state index in [1.807, 2.05) is 17.5 Å². The van der Waals surface area contributed by atoms with Gasteiger partial charge in [0.25, 0.3) is 11.1 Å². The Hall–Kier alpha value is -1.90. The lowest BCUT2D eigenvalue weighted by Gasteiger charge is -2.04. The Morgan fingerprint density at radius 2 is 2.27 bits per heavy atom. The second-order valence-electron chi connectivity index (χ2n) is 4.03. The van der Waals surface area contributed by atoms with E-state index in [2.05, 4.69) is 20.5 Å². The van der Waals surface area contributed by atoms with E-state index in [0.717, 1.165) is 16.6 Å². The minimum atomic E-state index is -0.226. The minimum absolute atomic E-state index is 0.136. The van der Waals surface area contributed by atoms with Crippen molar-refractivity contribution in [2.45, 2.75) is 5.22 Å². The fraction of sp³-hybridized carbons (Fsp3) is 0.0769. The number of nitrogens with one attached hydrogen (secondary N) is 1.